The Balaban J connectivity index is 2.20. The van der Waals surface area contributed by atoms with Crippen molar-refractivity contribution in [2.24, 2.45) is 39.6 Å². The van der Waals surface area contributed by atoms with E-state index in [1.165, 1.54) is 24.3 Å². The number of aromatic hydroxyl groups is 1. The lowest BCUT2D eigenvalue weighted by Gasteiger charge is -2.27. The maximum atomic E-state index is 13.4. The molecule has 0 saturated heterocycles. The normalized spacial score (nSPS) is 14.1. The lowest BCUT2D eigenvalue weighted by molar-refractivity contribution is -0.136. The number of guanidine groups is 1. The van der Waals surface area contributed by atoms with E-state index in [1.54, 1.807) is 38.1 Å². The van der Waals surface area contributed by atoms with Crippen LogP contribution < -0.4 is 55.3 Å². The largest absolute Gasteiger partial charge is 0.508 e. The molecule has 0 aliphatic carbocycles. The molecule has 0 bridgehead atoms. The topological polar surface area (TPSA) is 363 Å². The second-order valence-corrected chi connectivity index (χ2v) is 13.3. The number of benzene rings is 2. The van der Waals surface area contributed by atoms with Crippen LogP contribution in [0.25, 0.3) is 0 Å². The first kappa shape index (κ1) is 45.9. The van der Waals surface area contributed by atoms with Crippen molar-refractivity contribution in [2.45, 2.75) is 82.2 Å². The fourth-order valence-electron chi connectivity index (χ4n) is 5.30. The molecule has 20 heteroatoms. The summed E-state index contributed by atoms with van der Waals surface area (Å²) < 4.78 is 0. The van der Waals surface area contributed by atoms with Gasteiger partial charge in [0.05, 0.1) is 19.1 Å². The number of hydrogen-bond acceptors (Lipinski definition) is 11. The molecule has 20 nitrogen and oxygen atoms in total. The van der Waals surface area contributed by atoms with E-state index in [2.05, 4.69) is 31.6 Å². The molecular weight excluding hydrogens is 730 g/mol. The van der Waals surface area contributed by atoms with Gasteiger partial charge in [0.1, 0.15) is 36.0 Å². The Bertz CT molecular complexity index is 1690. The van der Waals surface area contributed by atoms with E-state index >= 15 is 0 Å². The number of amides is 7. The number of nitrogens with one attached hydrogen (secondary N) is 5. The standard InChI is InChI=1S/C36H53N11O9/c1-19(2)29(47-31(52)23(37)15-20-7-4-3-5-8-20)35(56)45-26(17-28(38)50)33(54)46-27(18-48)34(55)43-24(9-6-14-42-36(40)41)32(53)44-25(30(39)51)16-21-10-12-22(49)13-11-21/h3-5,7-8,10-13,19,23-27,29,48-49H,6,9,14-18,37H2,1-2H3,(H2,38,50)(H2,39,51)(H,43,55)(H,44,53)(H,45,56)(H,46,54)(H,47,52)(H4,40,41,42). The van der Waals surface area contributed by atoms with Crippen molar-refractivity contribution >= 4 is 47.3 Å². The smallest absolute Gasteiger partial charge is 0.245 e. The van der Waals surface area contributed by atoms with Gasteiger partial charge in [-0.3, -0.25) is 38.6 Å². The van der Waals surface area contributed by atoms with Gasteiger partial charge in [0, 0.05) is 13.0 Å². The third-order valence-electron chi connectivity index (χ3n) is 8.35. The van der Waals surface area contributed by atoms with Crippen molar-refractivity contribution in [3.05, 3.63) is 65.7 Å². The van der Waals surface area contributed by atoms with Crippen molar-refractivity contribution in [2.75, 3.05) is 13.2 Å². The summed E-state index contributed by atoms with van der Waals surface area (Å²) in [5.41, 5.74) is 29.1. The van der Waals surface area contributed by atoms with Gasteiger partial charge >= 0.3 is 0 Å². The number of rotatable bonds is 23. The van der Waals surface area contributed by atoms with E-state index in [9.17, 15) is 43.8 Å². The SMILES string of the molecule is CC(C)C(NC(=O)C(N)Cc1ccccc1)C(=O)NC(CC(N)=O)C(=O)NC(CO)C(=O)NC(CCCN=C(N)N)C(=O)NC(Cc1ccc(O)cc1)C(N)=O. The first-order valence-electron chi connectivity index (χ1n) is 17.7. The Hall–Kier alpha value is -6.28. The zero-order valence-electron chi connectivity index (χ0n) is 31.3. The summed E-state index contributed by atoms with van der Waals surface area (Å²) in [6, 6.07) is 6.57. The molecule has 7 amide bonds. The van der Waals surface area contributed by atoms with E-state index in [0.29, 0.717) is 5.56 Å². The zero-order chi connectivity index (χ0) is 41.9. The lowest BCUT2D eigenvalue weighted by Crippen LogP contribution is -2.61. The first-order chi connectivity index (χ1) is 26.4. The van der Waals surface area contributed by atoms with Gasteiger partial charge in [-0.2, -0.15) is 0 Å². The minimum atomic E-state index is -1.72. The quantitative estimate of drug-likeness (QED) is 0.0291. The van der Waals surface area contributed by atoms with Crippen LogP contribution in [-0.4, -0.2) is 107 Å². The minimum absolute atomic E-state index is 0.0191. The monoisotopic (exact) mass is 783 g/mol. The molecular formula is C36H53N11O9. The lowest BCUT2D eigenvalue weighted by atomic mass is 10.0. The molecule has 0 saturated carbocycles. The molecule has 6 unspecified atom stereocenters. The van der Waals surface area contributed by atoms with E-state index < -0.39 is 96.5 Å². The number of phenolic OH excluding ortho intramolecular Hbond substituents is 1. The molecule has 0 aliphatic heterocycles. The summed E-state index contributed by atoms with van der Waals surface area (Å²) in [4.78, 5) is 94.6. The Labute approximate surface area is 323 Å². The third kappa shape index (κ3) is 16.0. The number of carbonyl (C=O) groups is 7. The van der Waals surface area contributed by atoms with Crippen LogP contribution in [0.5, 0.6) is 5.75 Å². The number of carbonyl (C=O) groups excluding carboxylic acids is 7. The number of phenols is 1. The van der Waals surface area contributed by atoms with E-state index in [0.717, 1.165) is 5.56 Å². The molecule has 0 aliphatic rings. The van der Waals surface area contributed by atoms with E-state index in [-0.39, 0.29) is 43.9 Å². The van der Waals surface area contributed by atoms with Crippen LogP contribution in [0.3, 0.4) is 0 Å². The fraction of sp³-hybridized carbons (Fsp3) is 0.444. The molecule has 2 aromatic rings. The third-order valence-corrected chi connectivity index (χ3v) is 8.35. The minimum Gasteiger partial charge on any atom is -0.508 e. The molecule has 2 rings (SSSR count). The summed E-state index contributed by atoms with van der Waals surface area (Å²) in [7, 11) is 0. The predicted octanol–water partition coefficient (Wildman–Crippen LogP) is -4.01. The molecule has 0 spiro atoms. The second kappa shape index (κ2) is 22.8. The van der Waals surface area contributed by atoms with Crippen molar-refractivity contribution in [1.29, 1.82) is 0 Å². The van der Waals surface area contributed by atoms with Crippen LogP contribution in [0.15, 0.2) is 59.6 Å². The van der Waals surface area contributed by atoms with Crippen molar-refractivity contribution in [3.8, 4) is 5.75 Å². The van der Waals surface area contributed by atoms with Gasteiger partial charge in [-0.1, -0.05) is 56.3 Å². The van der Waals surface area contributed by atoms with Crippen LogP contribution >= 0.6 is 0 Å². The van der Waals surface area contributed by atoms with Gasteiger partial charge in [-0.15, -0.1) is 0 Å². The summed E-state index contributed by atoms with van der Waals surface area (Å²) in [5.74, 6) is -7.15. The van der Waals surface area contributed by atoms with Gasteiger partial charge in [0.25, 0.3) is 0 Å². The van der Waals surface area contributed by atoms with Crippen molar-refractivity contribution in [1.82, 2.24) is 26.6 Å². The highest BCUT2D eigenvalue weighted by atomic mass is 16.3. The van der Waals surface area contributed by atoms with Gasteiger partial charge in [-0.25, -0.2) is 0 Å². The zero-order valence-corrected chi connectivity index (χ0v) is 31.3. The van der Waals surface area contributed by atoms with Crippen molar-refractivity contribution in [3.63, 3.8) is 0 Å². The molecule has 0 fully saturated rings. The Kier molecular flexibility index (Phi) is 18.7. The fourth-order valence-corrected chi connectivity index (χ4v) is 5.30. The number of hydrogen-bond donors (Lipinski definition) is 12. The Morgan fingerprint density at radius 3 is 1.75 bits per heavy atom. The van der Waals surface area contributed by atoms with E-state index in [4.69, 9.17) is 28.7 Å². The molecule has 17 N–H and O–H groups in total. The highest BCUT2D eigenvalue weighted by Gasteiger charge is 2.34. The maximum Gasteiger partial charge on any atom is 0.245 e. The molecule has 0 radical (unpaired) electrons. The first-order valence-corrected chi connectivity index (χ1v) is 17.7. The van der Waals surface area contributed by atoms with Crippen LogP contribution in [0, 0.1) is 5.92 Å². The van der Waals surface area contributed by atoms with Crippen LogP contribution in [0.2, 0.25) is 0 Å². The summed E-state index contributed by atoms with van der Waals surface area (Å²) >= 11 is 0. The summed E-state index contributed by atoms with van der Waals surface area (Å²) in [5, 5.41) is 31.8. The molecule has 306 valence electrons. The molecule has 6 atom stereocenters. The second-order valence-electron chi connectivity index (χ2n) is 13.3. The van der Waals surface area contributed by atoms with Gasteiger partial charge in [0.2, 0.25) is 41.4 Å². The number of primary amides is 2. The number of aliphatic imine (C=N–C) groups is 1. The van der Waals surface area contributed by atoms with Crippen LogP contribution in [-0.2, 0) is 46.4 Å². The Morgan fingerprint density at radius 2 is 1.20 bits per heavy atom. The molecule has 56 heavy (non-hydrogen) atoms. The average molecular weight is 784 g/mol. The van der Waals surface area contributed by atoms with Gasteiger partial charge < -0.3 is 65.5 Å². The van der Waals surface area contributed by atoms with E-state index in [1.807, 2.05) is 6.07 Å². The number of nitrogens with two attached hydrogens (primary N) is 5. The average Bonchev–Trinajstić information content (AvgIpc) is 3.13. The predicted molar refractivity (Wildman–Crippen MR) is 204 cm³/mol. The number of nitrogens with zero attached hydrogens (tertiary/aromatic N) is 1. The maximum absolute atomic E-state index is 13.4. The highest BCUT2D eigenvalue weighted by molar-refractivity contribution is 5.98. The van der Waals surface area contributed by atoms with Gasteiger partial charge in [0.15, 0.2) is 5.96 Å². The van der Waals surface area contributed by atoms with Crippen molar-refractivity contribution < 1.29 is 43.8 Å². The Morgan fingerprint density at radius 1 is 0.661 bits per heavy atom. The molecule has 0 aromatic heterocycles. The molecule has 0 heterocycles. The molecule has 2 aromatic carbocycles. The summed E-state index contributed by atoms with van der Waals surface area (Å²) in [6.07, 6.45) is -0.526. The van der Waals surface area contributed by atoms with Crippen LogP contribution in [0.1, 0.15) is 44.2 Å². The highest BCUT2D eigenvalue weighted by Crippen LogP contribution is 2.12. The summed E-state index contributed by atoms with van der Waals surface area (Å²) in [6.45, 7) is 2.32. The number of aliphatic hydroxyl groups excluding tert-OH is 1. The number of aliphatic hydroxyl groups is 1. The van der Waals surface area contributed by atoms with Crippen LogP contribution in [0.4, 0.5) is 0 Å². The van der Waals surface area contributed by atoms with Gasteiger partial charge in [-0.05, 0) is 48.4 Å².